The molecule has 345 valence electrons. The van der Waals surface area contributed by atoms with Gasteiger partial charge in [0.05, 0.1) is 12.8 Å². The molecule has 0 saturated carbocycles. The molecule has 0 unspecified atom stereocenters. The van der Waals surface area contributed by atoms with E-state index in [1.54, 1.807) is 24.8 Å². The number of hydrogen-bond acceptors (Lipinski definition) is 6. The van der Waals surface area contributed by atoms with E-state index in [-0.39, 0.29) is 38.0 Å². The van der Waals surface area contributed by atoms with E-state index < -0.39 is 12.1 Å². The third-order valence-electron chi connectivity index (χ3n) is 7.49. The van der Waals surface area contributed by atoms with Gasteiger partial charge in [-0.05, 0) is 71.5 Å². The number of aliphatic carboxylic acids is 1. The Bertz CT molecular complexity index is 1930. The fraction of sp³-hybridized carbons (Fsp3) is 0.275. The van der Waals surface area contributed by atoms with Gasteiger partial charge in [0.25, 0.3) is 0 Å². The van der Waals surface area contributed by atoms with E-state index in [4.69, 9.17) is 32.8 Å². The SMILES string of the molecule is O=C(Cc1ccncc1)NCCc1c[nH]c2ccccc12.O=C(Cc1ccncc1)NCCc1c[nH]c2ccccc12.O=C([O-])C(F)(F)F.[I][Pt+2][I].[I][Pt].[NH-]CC[NH-].[NH-]CC[NH-]. The zero-order chi connectivity index (χ0) is 46.6. The van der Waals surface area contributed by atoms with Crippen molar-refractivity contribution in [3.63, 3.8) is 0 Å². The Morgan fingerprint density at radius 1 is 0.645 bits per heavy atom. The van der Waals surface area contributed by atoms with Crippen molar-refractivity contribution in [3.8, 4) is 0 Å². The van der Waals surface area contributed by atoms with Crippen molar-refractivity contribution < 1.29 is 60.0 Å². The van der Waals surface area contributed by atoms with Crippen LogP contribution < -0.4 is 15.7 Å². The van der Waals surface area contributed by atoms with Gasteiger partial charge in [-0.15, -0.1) is 0 Å². The van der Waals surface area contributed by atoms with Crippen LogP contribution in [0.3, 0.4) is 0 Å². The molecule has 0 aliphatic heterocycles. The normalized spacial score (nSPS) is 9.94. The van der Waals surface area contributed by atoms with Gasteiger partial charge in [-0.3, -0.25) is 19.6 Å². The number of H-pyrrole nitrogens is 2. The number of para-hydroxylation sites is 2. The van der Waals surface area contributed by atoms with Crippen LogP contribution in [-0.2, 0) is 67.4 Å². The number of nitrogens with one attached hydrogen (secondary N) is 8. The molecule has 0 aliphatic carbocycles. The minimum absolute atomic E-state index is 0.0426. The van der Waals surface area contributed by atoms with Gasteiger partial charge >= 0.3 is 91.6 Å². The van der Waals surface area contributed by atoms with Gasteiger partial charge in [0.2, 0.25) is 11.8 Å². The molecule has 0 atom stereocenters. The predicted molar refractivity (Wildman–Crippen MR) is 256 cm³/mol. The number of pyridine rings is 2. The molecule has 2 amide bonds. The molecule has 4 heterocycles. The summed E-state index contributed by atoms with van der Waals surface area (Å²) in [4.78, 5) is 46.9. The third kappa shape index (κ3) is 27.6. The number of carboxylic acid groups (broad SMARTS) is 1. The first kappa shape index (κ1) is 59.4. The van der Waals surface area contributed by atoms with Crippen LogP contribution in [0.25, 0.3) is 44.7 Å². The number of benzene rings is 2. The molecule has 0 fully saturated rings. The Kier molecular flexibility index (Phi) is 36.2. The van der Waals surface area contributed by atoms with Gasteiger partial charge < -0.3 is 53.4 Å². The number of alkyl halides is 3. The second kappa shape index (κ2) is 37.8. The molecule has 62 heavy (non-hydrogen) atoms. The maximum absolute atomic E-state index is 11.9. The van der Waals surface area contributed by atoms with Gasteiger partial charge in [0.1, 0.15) is 5.97 Å². The molecule has 4 aromatic heterocycles. The van der Waals surface area contributed by atoms with Gasteiger partial charge in [-0.2, -0.15) is 39.4 Å². The summed E-state index contributed by atoms with van der Waals surface area (Å²) < 4.78 is 31.5. The van der Waals surface area contributed by atoms with Crippen molar-refractivity contribution >= 4 is 97.6 Å². The average molecular weight is 1560 g/mol. The van der Waals surface area contributed by atoms with Crippen molar-refractivity contribution in [1.29, 1.82) is 0 Å². The van der Waals surface area contributed by atoms with Gasteiger partial charge in [0.15, 0.2) is 0 Å². The summed E-state index contributed by atoms with van der Waals surface area (Å²) in [6, 6.07) is 23.8. The summed E-state index contributed by atoms with van der Waals surface area (Å²) in [5.74, 6) is -2.92. The molecule has 0 saturated heterocycles. The number of aromatic amines is 2. The molecule has 14 nitrogen and oxygen atoms in total. The fourth-order valence-electron chi connectivity index (χ4n) is 4.85. The number of hydrogen-bond donors (Lipinski definition) is 4. The molecule has 6 rings (SSSR count). The quantitative estimate of drug-likeness (QED) is 0.0869. The molecule has 8 N–H and O–H groups in total. The van der Waals surface area contributed by atoms with Gasteiger partial charge in [-0.1, -0.05) is 36.4 Å². The number of amides is 2. The van der Waals surface area contributed by atoms with Crippen molar-refractivity contribution in [2.75, 3.05) is 39.3 Å². The number of carbonyl (C=O) groups is 3. The number of rotatable bonds is 12. The second-order valence-electron chi connectivity index (χ2n) is 11.8. The van der Waals surface area contributed by atoms with E-state index in [0.717, 1.165) is 35.0 Å². The van der Waals surface area contributed by atoms with Crippen LogP contribution in [0.15, 0.2) is 110 Å². The predicted octanol–water partition coefficient (Wildman–Crippen LogP) is 9.06. The molecule has 22 heteroatoms. The van der Waals surface area contributed by atoms with Crippen LogP contribution in [0.2, 0.25) is 0 Å². The Balaban J connectivity index is 0.000000845. The van der Waals surface area contributed by atoms with E-state index in [2.05, 4.69) is 129 Å². The Labute approximate surface area is 410 Å². The van der Waals surface area contributed by atoms with Crippen LogP contribution in [-0.4, -0.2) is 83.2 Å². The molecular weight excluding hydrogens is 1510 g/mol. The van der Waals surface area contributed by atoms with Crippen molar-refractivity contribution in [2.24, 2.45) is 0 Å². The van der Waals surface area contributed by atoms with Crippen LogP contribution >= 0.6 is 58.1 Å². The summed E-state index contributed by atoms with van der Waals surface area (Å²) in [5, 5.41) is 17.2. The van der Waals surface area contributed by atoms with E-state index in [1.807, 2.05) is 60.9 Å². The van der Waals surface area contributed by atoms with Crippen LogP contribution in [0.5, 0.6) is 0 Å². The van der Waals surface area contributed by atoms with E-state index >= 15 is 0 Å². The molecular formula is C40H46F3I3N10O4Pt2-3. The van der Waals surface area contributed by atoms with Crippen LogP contribution in [0.4, 0.5) is 13.2 Å². The standard InChI is InChI=1S/2C17H17N3O.C2HF3O2.2C2H6N2.3HI.2Pt/c2*21-17(11-13-5-8-18-9-6-13)19-10-7-14-12-20-16-4-2-1-3-15(14)16;3-2(4,5)1(6)7;2*3-1-2-4;;;;;/h2*1-6,8-9,12,20H,7,10-11H2,(H,19,21);(H,6,7);2*3-4H,1-2H2;3*1H;;/q;;;2*-2;;;;+1;+4/p-4. The first-order valence-electron chi connectivity index (χ1n) is 18.1. The average Bonchev–Trinajstić information content (AvgIpc) is 3.90. The first-order chi connectivity index (χ1) is 29.8. The molecule has 0 radical (unpaired) electrons. The third-order valence-corrected chi connectivity index (χ3v) is 7.49. The largest absolute Gasteiger partial charge is 0.679 e. The molecule has 6 aromatic rings. The first-order valence-corrected chi connectivity index (χ1v) is 37.4. The number of carbonyl (C=O) groups excluding carboxylic acids is 3. The molecule has 0 bridgehead atoms. The van der Waals surface area contributed by atoms with Gasteiger partial charge in [0, 0.05) is 72.1 Å². The Morgan fingerprint density at radius 2 is 0.952 bits per heavy atom. The maximum atomic E-state index is 11.9. The fourth-order valence-corrected chi connectivity index (χ4v) is 4.85. The minimum Gasteiger partial charge on any atom is -0.679 e. The number of carboxylic acids is 1. The smallest absolute Gasteiger partial charge is 0.171 e. The number of fused-ring (bicyclic) bond motifs is 2. The monoisotopic (exact) mass is 1560 g/mol. The topological polar surface area (TPSA) is 251 Å². The summed E-state index contributed by atoms with van der Waals surface area (Å²) >= 11 is 9.53. The van der Waals surface area contributed by atoms with E-state index in [9.17, 15) is 22.8 Å². The zero-order valence-electron chi connectivity index (χ0n) is 32.9. The van der Waals surface area contributed by atoms with Crippen molar-refractivity contribution in [3.05, 3.63) is 155 Å². The number of halogens is 6. The second-order valence-corrected chi connectivity index (χ2v) is 28.4. The van der Waals surface area contributed by atoms with Crippen molar-refractivity contribution in [1.82, 2.24) is 30.6 Å². The number of aromatic nitrogens is 4. The number of nitrogens with zero attached hydrogens (tertiary/aromatic N) is 2. The molecule has 2 aromatic carbocycles. The maximum Gasteiger partial charge on any atom is -0.171 e. The van der Waals surface area contributed by atoms with Gasteiger partial charge in [-0.25, -0.2) is 0 Å². The van der Waals surface area contributed by atoms with E-state index in [0.29, 0.717) is 37.1 Å². The molecule has 0 spiro atoms. The molecule has 0 aliphatic rings. The zero-order valence-corrected chi connectivity index (χ0v) is 43.9. The summed E-state index contributed by atoms with van der Waals surface area (Å²) in [5.41, 5.74) is 31.8. The summed E-state index contributed by atoms with van der Waals surface area (Å²) in [7, 11) is 0. The summed E-state index contributed by atoms with van der Waals surface area (Å²) in [6.45, 7) is 2.23. The van der Waals surface area contributed by atoms with Crippen molar-refractivity contribution in [2.45, 2.75) is 31.9 Å². The Hall–Kier alpha value is -2.57. The Morgan fingerprint density at radius 3 is 1.24 bits per heavy atom. The minimum atomic E-state index is -5.19. The van der Waals surface area contributed by atoms with E-state index in [1.165, 1.54) is 21.9 Å². The summed E-state index contributed by atoms with van der Waals surface area (Å²) in [6.07, 6.45) is 8.09. The van der Waals surface area contributed by atoms with Crippen LogP contribution in [0.1, 0.15) is 22.3 Å². The van der Waals surface area contributed by atoms with Crippen LogP contribution in [0, 0.1) is 0 Å².